The standard InChI is InChI=1S/C13H13Cl2N3/c1-7-8(2)17-13(18-12(7)16-3)10-5-4-9(14)6-11(10)15/h4-6H,1-3H3,(H,16,17,18). The summed E-state index contributed by atoms with van der Waals surface area (Å²) >= 11 is 12.0. The number of hydrogen-bond acceptors (Lipinski definition) is 3. The third kappa shape index (κ3) is 2.42. The van der Waals surface area contributed by atoms with E-state index in [1.165, 1.54) is 0 Å². The van der Waals surface area contributed by atoms with Gasteiger partial charge in [-0.25, -0.2) is 9.97 Å². The quantitative estimate of drug-likeness (QED) is 0.900. The van der Waals surface area contributed by atoms with Crippen molar-refractivity contribution in [3.8, 4) is 11.4 Å². The van der Waals surface area contributed by atoms with E-state index in [4.69, 9.17) is 23.2 Å². The molecule has 0 amide bonds. The van der Waals surface area contributed by atoms with E-state index in [1.54, 1.807) is 12.1 Å². The maximum Gasteiger partial charge on any atom is 0.163 e. The van der Waals surface area contributed by atoms with Gasteiger partial charge < -0.3 is 5.32 Å². The minimum Gasteiger partial charge on any atom is -0.373 e. The van der Waals surface area contributed by atoms with Gasteiger partial charge in [0.1, 0.15) is 5.82 Å². The highest BCUT2D eigenvalue weighted by molar-refractivity contribution is 6.36. The van der Waals surface area contributed by atoms with Crippen LogP contribution in [-0.2, 0) is 0 Å². The van der Waals surface area contributed by atoms with E-state index in [2.05, 4.69) is 15.3 Å². The van der Waals surface area contributed by atoms with Gasteiger partial charge in [-0.3, -0.25) is 0 Å². The molecule has 0 saturated heterocycles. The highest BCUT2D eigenvalue weighted by Crippen LogP contribution is 2.29. The van der Waals surface area contributed by atoms with Crippen LogP contribution in [0.3, 0.4) is 0 Å². The molecule has 2 aromatic rings. The van der Waals surface area contributed by atoms with Crippen LogP contribution in [0.1, 0.15) is 11.3 Å². The van der Waals surface area contributed by atoms with Crippen molar-refractivity contribution in [2.24, 2.45) is 0 Å². The Labute approximate surface area is 116 Å². The van der Waals surface area contributed by atoms with Crippen molar-refractivity contribution < 1.29 is 0 Å². The van der Waals surface area contributed by atoms with Gasteiger partial charge >= 0.3 is 0 Å². The summed E-state index contributed by atoms with van der Waals surface area (Å²) < 4.78 is 0. The average Bonchev–Trinajstić information content (AvgIpc) is 2.32. The number of benzene rings is 1. The van der Waals surface area contributed by atoms with Crippen molar-refractivity contribution in [3.05, 3.63) is 39.5 Å². The first-order valence-electron chi connectivity index (χ1n) is 5.51. The molecular formula is C13H13Cl2N3. The summed E-state index contributed by atoms with van der Waals surface area (Å²) in [5.41, 5.74) is 2.74. The number of hydrogen-bond donors (Lipinski definition) is 1. The van der Waals surface area contributed by atoms with Crippen LogP contribution in [0.25, 0.3) is 11.4 Å². The second-order valence-electron chi connectivity index (χ2n) is 3.98. The zero-order valence-corrected chi connectivity index (χ0v) is 11.9. The summed E-state index contributed by atoms with van der Waals surface area (Å²) in [4.78, 5) is 8.93. The summed E-state index contributed by atoms with van der Waals surface area (Å²) in [6.07, 6.45) is 0. The van der Waals surface area contributed by atoms with Gasteiger partial charge in [0.15, 0.2) is 5.82 Å². The second-order valence-corrected chi connectivity index (χ2v) is 4.82. The number of anilines is 1. The van der Waals surface area contributed by atoms with E-state index in [9.17, 15) is 0 Å². The lowest BCUT2D eigenvalue weighted by atomic mass is 10.2. The molecule has 0 radical (unpaired) electrons. The van der Waals surface area contributed by atoms with Gasteiger partial charge in [0.25, 0.3) is 0 Å². The highest BCUT2D eigenvalue weighted by Gasteiger charge is 2.11. The molecule has 94 valence electrons. The maximum atomic E-state index is 6.17. The van der Waals surface area contributed by atoms with Gasteiger partial charge in [0.2, 0.25) is 0 Å². The Hall–Kier alpha value is -1.32. The summed E-state index contributed by atoms with van der Waals surface area (Å²) in [6, 6.07) is 5.30. The SMILES string of the molecule is CNc1nc(-c2ccc(Cl)cc2Cl)nc(C)c1C. The molecule has 1 N–H and O–H groups in total. The molecule has 0 aliphatic heterocycles. The maximum absolute atomic E-state index is 6.17. The van der Waals surface area contributed by atoms with Crippen LogP contribution in [0.5, 0.6) is 0 Å². The summed E-state index contributed by atoms with van der Waals surface area (Å²) in [5, 5.41) is 4.20. The Bertz CT molecular complexity index is 597. The minimum absolute atomic E-state index is 0.549. The molecule has 3 nitrogen and oxygen atoms in total. The molecule has 2 rings (SSSR count). The molecule has 0 fully saturated rings. The number of aromatic nitrogens is 2. The fraction of sp³-hybridized carbons (Fsp3) is 0.231. The number of rotatable bonds is 2. The van der Waals surface area contributed by atoms with Crippen molar-refractivity contribution in [2.45, 2.75) is 13.8 Å². The van der Waals surface area contributed by atoms with Crippen LogP contribution in [-0.4, -0.2) is 17.0 Å². The summed E-state index contributed by atoms with van der Waals surface area (Å²) in [5.74, 6) is 1.41. The van der Waals surface area contributed by atoms with Crippen molar-refractivity contribution in [1.29, 1.82) is 0 Å². The molecule has 18 heavy (non-hydrogen) atoms. The summed E-state index contributed by atoms with van der Waals surface area (Å²) in [7, 11) is 1.84. The predicted molar refractivity (Wildman–Crippen MR) is 76.5 cm³/mol. The molecule has 0 unspecified atom stereocenters. The number of nitrogens with one attached hydrogen (secondary N) is 1. The molecule has 0 atom stereocenters. The molecule has 1 heterocycles. The molecule has 0 aliphatic carbocycles. The van der Waals surface area contributed by atoms with E-state index in [0.29, 0.717) is 15.9 Å². The Morgan fingerprint density at radius 2 is 1.83 bits per heavy atom. The Kier molecular flexibility index (Phi) is 3.73. The van der Waals surface area contributed by atoms with E-state index in [-0.39, 0.29) is 0 Å². The molecule has 0 saturated carbocycles. The molecule has 0 spiro atoms. The largest absolute Gasteiger partial charge is 0.373 e. The number of halogens is 2. The van der Waals surface area contributed by atoms with E-state index in [1.807, 2.05) is 27.0 Å². The fourth-order valence-electron chi connectivity index (χ4n) is 1.66. The zero-order valence-electron chi connectivity index (χ0n) is 10.4. The van der Waals surface area contributed by atoms with Crippen LogP contribution in [0.2, 0.25) is 10.0 Å². The number of nitrogens with zero attached hydrogens (tertiary/aromatic N) is 2. The minimum atomic E-state index is 0.549. The molecule has 1 aromatic carbocycles. The van der Waals surface area contributed by atoms with Gasteiger partial charge in [-0.15, -0.1) is 0 Å². The van der Waals surface area contributed by atoms with Gasteiger partial charge in [-0.1, -0.05) is 23.2 Å². The first-order chi connectivity index (χ1) is 8.52. The third-order valence-electron chi connectivity index (χ3n) is 2.80. The molecule has 5 heteroatoms. The van der Waals surface area contributed by atoms with E-state index >= 15 is 0 Å². The van der Waals surface area contributed by atoms with Crippen molar-refractivity contribution >= 4 is 29.0 Å². The lowest BCUT2D eigenvalue weighted by Crippen LogP contribution is -2.02. The first-order valence-corrected chi connectivity index (χ1v) is 6.27. The molecule has 1 aromatic heterocycles. The molecule has 0 bridgehead atoms. The van der Waals surface area contributed by atoms with Crippen molar-refractivity contribution in [3.63, 3.8) is 0 Å². The van der Waals surface area contributed by atoms with Crippen LogP contribution < -0.4 is 5.32 Å². The van der Waals surface area contributed by atoms with Crippen LogP contribution in [0.4, 0.5) is 5.82 Å². The van der Waals surface area contributed by atoms with Crippen LogP contribution in [0.15, 0.2) is 18.2 Å². The topological polar surface area (TPSA) is 37.8 Å². The van der Waals surface area contributed by atoms with E-state index in [0.717, 1.165) is 22.6 Å². The second kappa shape index (κ2) is 5.12. The smallest absolute Gasteiger partial charge is 0.163 e. The van der Waals surface area contributed by atoms with Crippen LogP contribution in [0, 0.1) is 13.8 Å². The third-order valence-corrected chi connectivity index (χ3v) is 3.35. The van der Waals surface area contributed by atoms with Gasteiger partial charge in [0.05, 0.1) is 5.02 Å². The van der Waals surface area contributed by atoms with Gasteiger partial charge in [-0.05, 0) is 32.0 Å². The van der Waals surface area contributed by atoms with Crippen LogP contribution >= 0.6 is 23.2 Å². The van der Waals surface area contributed by atoms with Crippen molar-refractivity contribution in [1.82, 2.24) is 9.97 Å². The fourth-order valence-corrected chi connectivity index (χ4v) is 2.16. The Morgan fingerprint density at radius 1 is 1.11 bits per heavy atom. The predicted octanol–water partition coefficient (Wildman–Crippen LogP) is 4.11. The highest BCUT2D eigenvalue weighted by atomic mass is 35.5. The van der Waals surface area contributed by atoms with Gasteiger partial charge in [-0.2, -0.15) is 0 Å². The lowest BCUT2D eigenvalue weighted by Gasteiger charge is -2.10. The van der Waals surface area contributed by atoms with Crippen molar-refractivity contribution in [2.75, 3.05) is 12.4 Å². The zero-order chi connectivity index (χ0) is 13.3. The van der Waals surface area contributed by atoms with E-state index < -0.39 is 0 Å². The Balaban J connectivity index is 2.60. The first kappa shape index (κ1) is 13.1. The van der Waals surface area contributed by atoms with Gasteiger partial charge in [0, 0.05) is 28.9 Å². The summed E-state index contributed by atoms with van der Waals surface area (Å²) in [6.45, 7) is 3.93. The molecule has 0 aliphatic rings. The average molecular weight is 282 g/mol. The normalized spacial score (nSPS) is 10.5. The lowest BCUT2D eigenvalue weighted by molar-refractivity contribution is 1.07. The molecular weight excluding hydrogens is 269 g/mol. The Morgan fingerprint density at radius 3 is 2.44 bits per heavy atom. The number of aryl methyl sites for hydroxylation is 1. The monoisotopic (exact) mass is 281 g/mol.